The molecule has 0 amide bonds. The molecule has 5 heteroatoms. The van der Waals surface area contributed by atoms with Gasteiger partial charge in [0.05, 0.1) is 16.8 Å². The molecule has 142 valence electrons. The van der Waals surface area contributed by atoms with E-state index in [0.717, 1.165) is 53.5 Å². The summed E-state index contributed by atoms with van der Waals surface area (Å²) in [5, 5.41) is 1.90. The molecule has 1 saturated heterocycles. The zero-order valence-electron chi connectivity index (χ0n) is 15.9. The maximum Gasteiger partial charge on any atom is 0.186 e. The SMILES string of the molecule is Cc1ccc(C)c(OCCC2CCN(c3nc4ccc(Cl)cc4s3)CC2)c1. The minimum atomic E-state index is 0.732. The van der Waals surface area contributed by atoms with Crippen molar-refractivity contribution in [3.8, 4) is 5.75 Å². The lowest BCUT2D eigenvalue weighted by molar-refractivity contribution is 0.257. The van der Waals surface area contributed by atoms with Gasteiger partial charge in [0.1, 0.15) is 5.75 Å². The molecule has 4 rings (SSSR count). The molecule has 2 heterocycles. The standard InChI is InChI=1S/C22H25ClN2OS/c1-15-3-4-16(2)20(13-15)26-12-9-17-7-10-25(11-8-17)22-24-19-6-5-18(23)14-21(19)27-22/h3-6,13-14,17H,7-12H2,1-2H3. The molecule has 0 saturated carbocycles. The monoisotopic (exact) mass is 400 g/mol. The second-order valence-electron chi connectivity index (χ2n) is 7.44. The minimum Gasteiger partial charge on any atom is -0.493 e. The van der Waals surface area contributed by atoms with Crippen LogP contribution in [0.3, 0.4) is 0 Å². The molecule has 0 aliphatic carbocycles. The van der Waals surface area contributed by atoms with Gasteiger partial charge < -0.3 is 9.64 Å². The van der Waals surface area contributed by atoms with E-state index in [1.807, 2.05) is 18.2 Å². The number of piperidine rings is 1. The van der Waals surface area contributed by atoms with Crippen molar-refractivity contribution in [2.24, 2.45) is 5.92 Å². The van der Waals surface area contributed by atoms with Gasteiger partial charge in [-0.05, 0) is 74.4 Å². The number of halogens is 1. The number of benzene rings is 2. The van der Waals surface area contributed by atoms with Crippen molar-refractivity contribution in [3.63, 3.8) is 0 Å². The second kappa shape index (κ2) is 8.07. The molecule has 0 N–H and O–H groups in total. The molecule has 1 aromatic heterocycles. The Morgan fingerprint density at radius 2 is 1.96 bits per heavy atom. The van der Waals surface area contributed by atoms with Gasteiger partial charge in [-0.1, -0.05) is 35.1 Å². The minimum absolute atomic E-state index is 0.732. The number of hydrogen-bond donors (Lipinski definition) is 0. The Bertz CT molecular complexity index is 931. The number of hydrogen-bond acceptors (Lipinski definition) is 4. The average Bonchev–Trinajstić information content (AvgIpc) is 3.08. The Kier molecular flexibility index (Phi) is 5.55. The first kappa shape index (κ1) is 18.6. The highest BCUT2D eigenvalue weighted by molar-refractivity contribution is 7.22. The van der Waals surface area contributed by atoms with E-state index in [2.05, 4.69) is 36.9 Å². The third kappa shape index (κ3) is 4.39. The van der Waals surface area contributed by atoms with Crippen molar-refractivity contribution in [2.75, 3.05) is 24.6 Å². The Morgan fingerprint density at radius 3 is 2.78 bits per heavy atom. The Morgan fingerprint density at radius 1 is 1.15 bits per heavy atom. The predicted octanol–water partition coefficient (Wildman–Crippen LogP) is 6.25. The van der Waals surface area contributed by atoms with Gasteiger partial charge in [0, 0.05) is 18.1 Å². The van der Waals surface area contributed by atoms with Crippen LogP contribution in [-0.2, 0) is 0 Å². The molecule has 0 radical (unpaired) electrons. The molecule has 0 unspecified atom stereocenters. The van der Waals surface area contributed by atoms with Crippen molar-refractivity contribution < 1.29 is 4.74 Å². The topological polar surface area (TPSA) is 25.4 Å². The van der Waals surface area contributed by atoms with Crippen LogP contribution < -0.4 is 9.64 Å². The highest BCUT2D eigenvalue weighted by atomic mass is 35.5. The molecule has 27 heavy (non-hydrogen) atoms. The average molecular weight is 401 g/mol. The van der Waals surface area contributed by atoms with E-state index in [9.17, 15) is 0 Å². The Labute approximate surface area is 169 Å². The summed E-state index contributed by atoms with van der Waals surface area (Å²) < 4.78 is 7.21. The second-order valence-corrected chi connectivity index (χ2v) is 8.89. The summed E-state index contributed by atoms with van der Waals surface area (Å²) in [6.45, 7) is 7.16. The number of rotatable bonds is 5. The normalized spacial score (nSPS) is 15.4. The number of nitrogens with zero attached hydrogens (tertiary/aromatic N) is 2. The van der Waals surface area contributed by atoms with Gasteiger partial charge >= 0.3 is 0 Å². The van der Waals surface area contributed by atoms with E-state index in [-0.39, 0.29) is 0 Å². The van der Waals surface area contributed by atoms with E-state index in [1.165, 1.54) is 28.7 Å². The van der Waals surface area contributed by atoms with Crippen molar-refractivity contribution in [2.45, 2.75) is 33.1 Å². The van der Waals surface area contributed by atoms with Gasteiger partial charge in [0.15, 0.2) is 5.13 Å². The zero-order chi connectivity index (χ0) is 18.8. The van der Waals surface area contributed by atoms with E-state index >= 15 is 0 Å². The lowest BCUT2D eigenvalue weighted by atomic mass is 9.94. The van der Waals surface area contributed by atoms with Gasteiger partial charge in [0.25, 0.3) is 0 Å². The highest BCUT2D eigenvalue weighted by Crippen LogP contribution is 2.33. The molecular formula is C22H25ClN2OS. The van der Waals surface area contributed by atoms with Crippen LogP contribution in [-0.4, -0.2) is 24.7 Å². The molecule has 3 nitrogen and oxygen atoms in total. The van der Waals surface area contributed by atoms with Gasteiger partial charge in [0.2, 0.25) is 0 Å². The van der Waals surface area contributed by atoms with Gasteiger partial charge in [-0.3, -0.25) is 0 Å². The molecular weight excluding hydrogens is 376 g/mol. The molecule has 1 aliphatic heterocycles. The summed E-state index contributed by atoms with van der Waals surface area (Å²) in [4.78, 5) is 7.20. The first-order valence-corrected chi connectivity index (χ1v) is 10.8. The number of anilines is 1. The molecule has 0 atom stereocenters. The smallest absolute Gasteiger partial charge is 0.186 e. The van der Waals surface area contributed by atoms with Crippen molar-refractivity contribution >= 4 is 38.3 Å². The quantitative estimate of drug-likeness (QED) is 0.506. The van der Waals surface area contributed by atoms with E-state index in [4.69, 9.17) is 21.3 Å². The molecule has 1 aliphatic rings. The van der Waals surface area contributed by atoms with Crippen LogP contribution in [0, 0.1) is 19.8 Å². The fraction of sp³-hybridized carbons (Fsp3) is 0.409. The number of aromatic nitrogens is 1. The third-order valence-electron chi connectivity index (χ3n) is 5.35. The largest absolute Gasteiger partial charge is 0.493 e. The number of ether oxygens (including phenoxy) is 1. The summed E-state index contributed by atoms with van der Waals surface area (Å²) in [5.74, 6) is 1.76. The van der Waals surface area contributed by atoms with Crippen molar-refractivity contribution in [3.05, 3.63) is 52.5 Å². The van der Waals surface area contributed by atoms with E-state index < -0.39 is 0 Å². The fourth-order valence-corrected chi connectivity index (χ4v) is 4.93. The Hall–Kier alpha value is -1.78. The maximum absolute atomic E-state index is 6.10. The number of fused-ring (bicyclic) bond motifs is 1. The first-order valence-electron chi connectivity index (χ1n) is 9.59. The van der Waals surface area contributed by atoms with Crippen LogP contribution in [0.1, 0.15) is 30.4 Å². The summed E-state index contributed by atoms with van der Waals surface area (Å²) in [6, 6.07) is 12.3. The summed E-state index contributed by atoms with van der Waals surface area (Å²) >= 11 is 7.84. The predicted molar refractivity (Wildman–Crippen MR) is 116 cm³/mol. The number of aryl methyl sites for hydroxylation is 2. The summed E-state index contributed by atoms with van der Waals surface area (Å²) in [7, 11) is 0. The third-order valence-corrected chi connectivity index (χ3v) is 6.67. The Balaban J connectivity index is 1.29. The van der Waals surface area contributed by atoms with Crippen LogP contribution in [0.15, 0.2) is 36.4 Å². The van der Waals surface area contributed by atoms with Crippen LogP contribution in [0.4, 0.5) is 5.13 Å². The van der Waals surface area contributed by atoms with E-state index in [0.29, 0.717) is 0 Å². The van der Waals surface area contributed by atoms with Crippen LogP contribution in [0.2, 0.25) is 5.02 Å². The van der Waals surface area contributed by atoms with E-state index in [1.54, 1.807) is 11.3 Å². The number of thiazole rings is 1. The maximum atomic E-state index is 6.10. The molecule has 0 spiro atoms. The van der Waals surface area contributed by atoms with Gasteiger partial charge in [-0.25, -0.2) is 4.98 Å². The lowest BCUT2D eigenvalue weighted by Crippen LogP contribution is -2.34. The van der Waals surface area contributed by atoms with Crippen LogP contribution >= 0.6 is 22.9 Å². The van der Waals surface area contributed by atoms with Gasteiger partial charge in [-0.15, -0.1) is 0 Å². The molecule has 3 aromatic rings. The summed E-state index contributed by atoms with van der Waals surface area (Å²) in [6.07, 6.45) is 3.52. The first-order chi connectivity index (χ1) is 13.1. The van der Waals surface area contributed by atoms with Crippen molar-refractivity contribution in [1.29, 1.82) is 0 Å². The lowest BCUT2D eigenvalue weighted by Gasteiger charge is -2.31. The zero-order valence-corrected chi connectivity index (χ0v) is 17.4. The van der Waals surface area contributed by atoms with Crippen LogP contribution in [0.5, 0.6) is 5.75 Å². The van der Waals surface area contributed by atoms with Crippen LogP contribution in [0.25, 0.3) is 10.2 Å². The molecule has 0 bridgehead atoms. The van der Waals surface area contributed by atoms with Gasteiger partial charge in [-0.2, -0.15) is 0 Å². The molecule has 2 aromatic carbocycles. The van der Waals surface area contributed by atoms with Crippen molar-refractivity contribution in [1.82, 2.24) is 4.98 Å². The highest BCUT2D eigenvalue weighted by Gasteiger charge is 2.21. The fourth-order valence-electron chi connectivity index (χ4n) is 3.63. The summed E-state index contributed by atoms with van der Waals surface area (Å²) in [5.41, 5.74) is 3.51. The molecule has 1 fully saturated rings.